The van der Waals surface area contributed by atoms with Crippen LogP contribution in [0.3, 0.4) is 0 Å². The lowest BCUT2D eigenvalue weighted by Gasteiger charge is -2.21. The van der Waals surface area contributed by atoms with Gasteiger partial charge < -0.3 is 0 Å². The number of halogens is 1. The largest absolute Gasteiger partial charge is 0.284 e. The molecule has 0 aliphatic carbocycles. The van der Waals surface area contributed by atoms with E-state index >= 15 is 0 Å². The number of rotatable bonds is 5. The molecule has 10 heteroatoms. The maximum atomic E-state index is 14.2. The second-order valence-electron chi connectivity index (χ2n) is 6.28. The molecule has 27 heavy (non-hydrogen) atoms. The molecule has 1 aliphatic rings. The number of benzene rings is 2. The molecule has 3 rings (SSSR count). The molecule has 0 amide bonds. The zero-order valence-electron chi connectivity index (χ0n) is 14.6. The van der Waals surface area contributed by atoms with Gasteiger partial charge in [-0.15, -0.1) is 0 Å². The Hall–Kier alpha value is -2.46. The maximum absolute atomic E-state index is 14.2. The molecule has 1 aliphatic heterocycles. The standard InChI is InChI=1S/C17H18FN3O4S2/c1-26(22,23)20-13-7-5-6-12(10-13)16-11-17(21(19-16)27(2,24)25)14-8-3-4-9-15(14)18/h3-10,17,20H,11H2,1-2H3/t17-/m1/s1. The van der Waals surface area contributed by atoms with Crippen LogP contribution >= 0.6 is 0 Å². The van der Waals surface area contributed by atoms with Gasteiger partial charge in [-0.05, 0) is 23.8 Å². The molecular formula is C17H18FN3O4S2. The molecule has 0 saturated carbocycles. The highest BCUT2D eigenvalue weighted by molar-refractivity contribution is 7.92. The van der Waals surface area contributed by atoms with E-state index in [-0.39, 0.29) is 12.0 Å². The molecule has 0 spiro atoms. The molecule has 0 unspecified atom stereocenters. The normalized spacial score (nSPS) is 17.7. The fraction of sp³-hybridized carbons (Fsp3) is 0.235. The van der Waals surface area contributed by atoms with Gasteiger partial charge in [0.1, 0.15) is 5.82 Å². The van der Waals surface area contributed by atoms with Gasteiger partial charge >= 0.3 is 0 Å². The zero-order valence-corrected chi connectivity index (χ0v) is 16.3. The molecule has 2 aromatic rings. The van der Waals surface area contributed by atoms with Gasteiger partial charge in [0.05, 0.1) is 24.3 Å². The number of nitrogens with one attached hydrogen (secondary N) is 1. The Bertz CT molecular complexity index is 1110. The van der Waals surface area contributed by atoms with E-state index in [0.717, 1.165) is 16.9 Å². The van der Waals surface area contributed by atoms with Gasteiger partial charge in [0, 0.05) is 17.7 Å². The van der Waals surface area contributed by atoms with E-state index in [1.807, 2.05) is 0 Å². The summed E-state index contributed by atoms with van der Waals surface area (Å²) in [5.74, 6) is -0.514. The molecule has 0 saturated heterocycles. The third kappa shape index (κ3) is 4.45. The summed E-state index contributed by atoms with van der Waals surface area (Å²) < 4.78 is 64.7. The Morgan fingerprint density at radius 3 is 2.41 bits per heavy atom. The van der Waals surface area contributed by atoms with Crippen molar-refractivity contribution in [1.29, 1.82) is 0 Å². The maximum Gasteiger partial charge on any atom is 0.247 e. The van der Waals surface area contributed by atoms with Crippen LogP contribution in [0.1, 0.15) is 23.6 Å². The van der Waals surface area contributed by atoms with Crippen LogP contribution in [-0.2, 0) is 20.0 Å². The van der Waals surface area contributed by atoms with Crippen molar-refractivity contribution in [3.05, 3.63) is 65.5 Å². The minimum atomic E-state index is -3.73. The van der Waals surface area contributed by atoms with E-state index in [9.17, 15) is 21.2 Å². The molecule has 1 heterocycles. The van der Waals surface area contributed by atoms with Crippen LogP contribution in [0, 0.1) is 5.82 Å². The summed E-state index contributed by atoms with van der Waals surface area (Å²) in [5.41, 5.74) is 1.53. The lowest BCUT2D eigenvalue weighted by molar-refractivity contribution is 0.365. The van der Waals surface area contributed by atoms with Crippen LogP contribution in [0.15, 0.2) is 53.6 Å². The van der Waals surface area contributed by atoms with Crippen molar-refractivity contribution in [3.8, 4) is 0 Å². The number of sulfonamides is 2. The summed E-state index contributed by atoms with van der Waals surface area (Å²) in [7, 11) is -7.19. The second kappa shape index (κ2) is 6.93. The van der Waals surface area contributed by atoms with Crippen molar-refractivity contribution in [1.82, 2.24) is 4.41 Å². The quantitative estimate of drug-likeness (QED) is 0.817. The number of hydrogen-bond acceptors (Lipinski definition) is 5. The van der Waals surface area contributed by atoms with Gasteiger partial charge in [-0.25, -0.2) is 21.2 Å². The number of nitrogens with zero attached hydrogens (tertiary/aromatic N) is 2. The first-order chi connectivity index (χ1) is 12.5. The summed E-state index contributed by atoms with van der Waals surface area (Å²) in [6.45, 7) is 0. The summed E-state index contributed by atoms with van der Waals surface area (Å²) in [5, 5.41) is 4.18. The molecule has 0 aromatic heterocycles. The zero-order chi connectivity index (χ0) is 19.8. The first-order valence-electron chi connectivity index (χ1n) is 7.94. The van der Waals surface area contributed by atoms with Crippen molar-refractivity contribution in [2.24, 2.45) is 5.10 Å². The molecule has 1 N–H and O–H groups in total. The predicted molar refractivity (Wildman–Crippen MR) is 102 cm³/mol. The SMILES string of the molecule is CS(=O)(=O)Nc1cccc(C2=NN(S(C)(=O)=O)[C@@H](c3ccccc3F)C2)c1. The smallest absolute Gasteiger partial charge is 0.247 e. The van der Waals surface area contributed by atoms with E-state index in [0.29, 0.717) is 17.0 Å². The van der Waals surface area contributed by atoms with Gasteiger partial charge in [0.15, 0.2) is 0 Å². The molecule has 2 aromatic carbocycles. The van der Waals surface area contributed by atoms with E-state index in [2.05, 4.69) is 9.82 Å². The Kier molecular flexibility index (Phi) is 4.96. The van der Waals surface area contributed by atoms with Gasteiger partial charge in [0.25, 0.3) is 0 Å². The molecule has 0 radical (unpaired) electrons. The fourth-order valence-electron chi connectivity index (χ4n) is 2.92. The van der Waals surface area contributed by atoms with Crippen molar-refractivity contribution in [2.45, 2.75) is 12.5 Å². The van der Waals surface area contributed by atoms with Crippen LogP contribution in [0.5, 0.6) is 0 Å². The summed E-state index contributed by atoms with van der Waals surface area (Å²) in [6.07, 6.45) is 2.21. The van der Waals surface area contributed by atoms with E-state index < -0.39 is 31.9 Å². The lowest BCUT2D eigenvalue weighted by Crippen LogP contribution is -2.26. The Morgan fingerprint density at radius 2 is 1.78 bits per heavy atom. The third-order valence-corrected chi connectivity index (χ3v) is 5.60. The van der Waals surface area contributed by atoms with Crippen LogP contribution in [0.2, 0.25) is 0 Å². The highest BCUT2D eigenvalue weighted by Gasteiger charge is 2.35. The first-order valence-corrected chi connectivity index (χ1v) is 11.7. The van der Waals surface area contributed by atoms with Gasteiger partial charge in [0.2, 0.25) is 20.0 Å². The van der Waals surface area contributed by atoms with E-state index in [4.69, 9.17) is 0 Å². The van der Waals surface area contributed by atoms with Crippen molar-refractivity contribution in [2.75, 3.05) is 17.2 Å². The summed E-state index contributed by atoms with van der Waals surface area (Å²) in [4.78, 5) is 0. The average molecular weight is 411 g/mol. The van der Waals surface area contributed by atoms with Crippen LogP contribution < -0.4 is 4.72 Å². The third-order valence-electron chi connectivity index (χ3n) is 3.98. The van der Waals surface area contributed by atoms with Gasteiger partial charge in [-0.1, -0.05) is 30.3 Å². The van der Waals surface area contributed by atoms with Crippen LogP contribution in [0.4, 0.5) is 10.1 Å². The van der Waals surface area contributed by atoms with Crippen LogP contribution in [0.25, 0.3) is 0 Å². The number of hydrogen-bond donors (Lipinski definition) is 1. The Balaban J connectivity index is 2.00. The Labute approximate surface area is 157 Å². The highest BCUT2D eigenvalue weighted by Crippen LogP contribution is 2.36. The second-order valence-corrected chi connectivity index (χ2v) is 9.87. The topological polar surface area (TPSA) is 95.9 Å². The molecule has 0 fully saturated rings. The molecule has 1 atom stereocenters. The van der Waals surface area contributed by atoms with E-state index in [1.54, 1.807) is 30.3 Å². The van der Waals surface area contributed by atoms with Crippen molar-refractivity contribution >= 4 is 31.4 Å². The predicted octanol–water partition coefficient (Wildman–Crippen LogP) is 2.31. The molecular weight excluding hydrogens is 393 g/mol. The van der Waals surface area contributed by atoms with Crippen molar-refractivity contribution < 1.29 is 21.2 Å². The highest BCUT2D eigenvalue weighted by atomic mass is 32.2. The lowest BCUT2D eigenvalue weighted by atomic mass is 9.98. The van der Waals surface area contributed by atoms with Gasteiger partial charge in [-0.2, -0.15) is 9.52 Å². The van der Waals surface area contributed by atoms with Crippen molar-refractivity contribution in [3.63, 3.8) is 0 Å². The average Bonchev–Trinajstić information content (AvgIpc) is 2.99. The fourth-order valence-corrected chi connectivity index (χ4v) is 4.37. The Morgan fingerprint density at radius 1 is 1.07 bits per heavy atom. The molecule has 144 valence electrons. The molecule has 0 bridgehead atoms. The first kappa shape index (κ1) is 19.3. The molecule has 7 nitrogen and oxygen atoms in total. The van der Waals surface area contributed by atoms with E-state index in [1.165, 1.54) is 18.2 Å². The minimum Gasteiger partial charge on any atom is -0.284 e. The van der Waals surface area contributed by atoms with Gasteiger partial charge in [-0.3, -0.25) is 4.72 Å². The number of hydrazone groups is 1. The summed E-state index contributed by atoms with van der Waals surface area (Å²) in [6, 6.07) is 11.6. The van der Waals surface area contributed by atoms with Crippen LogP contribution in [-0.4, -0.2) is 39.5 Å². The summed E-state index contributed by atoms with van der Waals surface area (Å²) >= 11 is 0. The number of anilines is 1. The minimum absolute atomic E-state index is 0.163. The monoisotopic (exact) mass is 411 g/mol.